The molecule has 0 bridgehead atoms. The molecule has 22 heavy (non-hydrogen) atoms. The summed E-state index contributed by atoms with van der Waals surface area (Å²) in [5, 5.41) is 16.3. The van der Waals surface area contributed by atoms with E-state index in [9.17, 15) is 14.7 Å². The van der Waals surface area contributed by atoms with Crippen molar-refractivity contribution in [3.8, 4) is 0 Å². The maximum Gasteiger partial charge on any atom is 0.154 e. The maximum absolute atomic E-state index is 11.2. The van der Waals surface area contributed by atoms with E-state index >= 15 is 0 Å². The molecule has 0 unspecified atom stereocenters. The fraction of sp³-hybridized carbons (Fsp3) is 0.214. The Balaban J connectivity index is 2.42. The number of carboxylic acid groups (broad SMARTS) is 1. The summed E-state index contributed by atoms with van der Waals surface area (Å²) in [5.41, 5.74) is 1.52. The molecule has 0 radical (unpaired) electrons. The van der Waals surface area contributed by atoms with Crippen molar-refractivity contribution in [2.75, 3.05) is 5.75 Å². The SMILES string of the molecule is Cc1nn(Cc2c(Cl)cccc2Cl)c(SCC(=O)[O-])c1C=O. The Hall–Kier alpha value is -1.50. The number of thioether (sulfide) groups is 1. The van der Waals surface area contributed by atoms with Gasteiger partial charge in [-0.15, -0.1) is 0 Å². The zero-order chi connectivity index (χ0) is 16.3. The average molecular weight is 358 g/mol. The van der Waals surface area contributed by atoms with E-state index in [1.54, 1.807) is 25.1 Å². The molecule has 0 amide bonds. The topological polar surface area (TPSA) is 75.0 Å². The molecule has 0 atom stereocenters. The number of halogens is 2. The fourth-order valence-corrected chi connectivity index (χ4v) is 3.31. The molecule has 0 aliphatic heterocycles. The van der Waals surface area contributed by atoms with Crippen LogP contribution in [0.25, 0.3) is 0 Å². The molecule has 0 aliphatic rings. The summed E-state index contributed by atoms with van der Waals surface area (Å²) < 4.78 is 1.53. The monoisotopic (exact) mass is 357 g/mol. The van der Waals surface area contributed by atoms with Crippen LogP contribution in [0.2, 0.25) is 10.0 Å². The van der Waals surface area contributed by atoms with Gasteiger partial charge in [0.15, 0.2) is 6.29 Å². The van der Waals surface area contributed by atoms with Crippen LogP contribution >= 0.6 is 35.0 Å². The standard InChI is InChI=1S/C14H12Cl2N2O3S/c1-8-10(6-19)14(22-7-13(20)21)18(17-8)5-9-11(15)3-2-4-12(9)16/h2-4,6H,5,7H2,1H3,(H,20,21)/p-1. The molecule has 1 aromatic heterocycles. The number of aldehydes is 1. The van der Waals surface area contributed by atoms with Gasteiger partial charge < -0.3 is 9.90 Å². The number of aliphatic carboxylic acids is 1. The summed E-state index contributed by atoms with van der Waals surface area (Å²) in [7, 11) is 0. The first kappa shape index (κ1) is 16.9. The summed E-state index contributed by atoms with van der Waals surface area (Å²) in [6.45, 7) is 1.92. The van der Waals surface area contributed by atoms with Crippen molar-refractivity contribution in [2.24, 2.45) is 0 Å². The van der Waals surface area contributed by atoms with Crippen LogP contribution in [0, 0.1) is 6.92 Å². The van der Waals surface area contributed by atoms with Crippen molar-refractivity contribution in [1.82, 2.24) is 9.78 Å². The second-order valence-corrected chi connectivity index (χ2v) is 6.22. The smallest absolute Gasteiger partial charge is 0.154 e. The third-order valence-corrected chi connectivity index (χ3v) is 4.73. The predicted molar refractivity (Wildman–Crippen MR) is 83.6 cm³/mol. The zero-order valence-electron chi connectivity index (χ0n) is 11.5. The van der Waals surface area contributed by atoms with Gasteiger partial charge in [0.2, 0.25) is 0 Å². The lowest BCUT2D eigenvalue weighted by Gasteiger charge is -2.11. The van der Waals surface area contributed by atoms with Gasteiger partial charge in [0.25, 0.3) is 0 Å². The van der Waals surface area contributed by atoms with Crippen molar-refractivity contribution in [3.63, 3.8) is 0 Å². The van der Waals surface area contributed by atoms with Gasteiger partial charge in [-0.05, 0) is 19.1 Å². The largest absolute Gasteiger partial charge is 0.549 e. The minimum atomic E-state index is -1.22. The van der Waals surface area contributed by atoms with Crippen LogP contribution in [-0.2, 0) is 11.3 Å². The summed E-state index contributed by atoms with van der Waals surface area (Å²) >= 11 is 13.2. The molecular formula is C14H11Cl2N2O3S-. The van der Waals surface area contributed by atoms with Gasteiger partial charge in [0.05, 0.1) is 23.8 Å². The van der Waals surface area contributed by atoms with Crippen molar-refractivity contribution in [3.05, 3.63) is 45.1 Å². The quantitative estimate of drug-likeness (QED) is 0.585. The second kappa shape index (κ2) is 7.17. The first-order valence-electron chi connectivity index (χ1n) is 6.22. The third-order valence-electron chi connectivity index (χ3n) is 2.94. The molecule has 1 heterocycles. The van der Waals surface area contributed by atoms with Crippen molar-refractivity contribution in [1.29, 1.82) is 0 Å². The van der Waals surface area contributed by atoms with Crippen LogP contribution in [0.3, 0.4) is 0 Å². The molecular weight excluding hydrogens is 347 g/mol. The zero-order valence-corrected chi connectivity index (χ0v) is 13.8. The van der Waals surface area contributed by atoms with Gasteiger partial charge in [-0.3, -0.25) is 9.48 Å². The van der Waals surface area contributed by atoms with E-state index < -0.39 is 5.97 Å². The number of hydrogen-bond donors (Lipinski definition) is 0. The molecule has 0 spiro atoms. The Bertz CT molecular complexity index is 711. The van der Waals surface area contributed by atoms with Crippen molar-refractivity contribution < 1.29 is 14.7 Å². The number of nitrogens with zero attached hydrogens (tertiary/aromatic N) is 2. The average Bonchev–Trinajstić information content (AvgIpc) is 2.75. The molecule has 8 heteroatoms. The van der Waals surface area contributed by atoms with Crippen LogP contribution in [0.4, 0.5) is 0 Å². The van der Waals surface area contributed by atoms with Crippen LogP contribution in [0.15, 0.2) is 23.2 Å². The van der Waals surface area contributed by atoms with E-state index in [2.05, 4.69) is 5.10 Å². The Labute approximate surface area is 141 Å². The summed E-state index contributed by atoms with van der Waals surface area (Å²) in [4.78, 5) is 21.9. The van der Waals surface area contributed by atoms with Crippen LogP contribution in [0.5, 0.6) is 0 Å². The number of carboxylic acids is 1. The van der Waals surface area contributed by atoms with E-state index in [0.29, 0.717) is 38.2 Å². The van der Waals surface area contributed by atoms with Crippen molar-refractivity contribution >= 4 is 47.2 Å². The summed E-state index contributed by atoms with van der Waals surface area (Å²) in [5.74, 6) is -1.49. The number of hydrogen-bond acceptors (Lipinski definition) is 5. The Morgan fingerprint density at radius 2 is 2.05 bits per heavy atom. The van der Waals surface area contributed by atoms with Gasteiger partial charge in [-0.25, -0.2) is 0 Å². The van der Waals surface area contributed by atoms with Crippen LogP contribution < -0.4 is 5.11 Å². The predicted octanol–water partition coefficient (Wildman–Crippen LogP) is 2.20. The first-order valence-corrected chi connectivity index (χ1v) is 7.96. The summed E-state index contributed by atoms with van der Waals surface area (Å²) in [6.07, 6.45) is 0.657. The highest BCUT2D eigenvalue weighted by molar-refractivity contribution is 8.00. The number of carbonyl (C=O) groups is 2. The number of benzene rings is 1. The lowest BCUT2D eigenvalue weighted by molar-refractivity contribution is -0.301. The minimum Gasteiger partial charge on any atom is -0.549 e. The summed E-state index contributed by atoms with van der Waals surface area (Å²) in [6, 6.07) is 5.13. The highest BCUT2D eigenvalue weighted by Crippen LogP contribution is 2.29. The first-order chi connectivity index (χ1) is 10.4. The molecule has 0 aliphatic carbocycles. The van der Waals surface area contributed by atoms with E-state index in [1.807, 2.05) is 0 Å². The molecule has 0 fully saturated rings. The van der Waals surface area contributed by atoms with Crippen LogP contribution in [0.1, 0.15) is 21.6 Å². The van der Waals surface area contributed by atoms with Crippen LogP contribution in [-0.4, -0.2) is 27.8 Å². The van der Waals surface area contributed by atoms with Gasteiger partial charge in [0, 0.05) is 21.4 Å². The molecule has 0 saturated heterocycles. The number of aryl methyl sites for hydroxylation is 1. The highest BCUT2D eigenvalue weighted by Gasteiger charge is 2.17. The van der Waals surface area contributed by atoms with Crippen molar-refractivity contribution in [2.45, 2.75) is 18.5 Å². The Morgan fingerprint density at radius 1 is 1.41 bits per heavy atom. The molecule has 0 saturated carbocycles. The van der Waals surface area contributed by atoms with Gasteiger partial charge in [-0.2, -0.15) is 5.10 Å². The molecule has 0 N–H and O–H groups in total. The van der Waals surface area contributed by atoms with E-state index in [1.165, 1.54) is 4.68 Å². The van der Waals surface area contributed by atoms with Gasteiger partial charge in [-0.1, -0.05) is 41.0 Å². The molecule has 1 aromatic carbocycles. The number of carbonyl (C=O) groups excluding carboxylic acids is 2. The van der Waals surface area contributed by atoms with E-state index in [0.717, 1.165) is 11.8 Å². The molecule has 2 aromatic rings. The lowest BCUT2D eigenvalue weighted by atomic mass is 10.2. The Kier molecular flexibility index (Phi) is 5.50. The minimum absolute atomic E-state index is 0.239. The highest BCUT2D eigenvalue weighted by atomic mass is 35.5. The van der Waals surface area contributed by atoms with E-state index in [4.69, 9.17) is 23.2 Å². The second-order valence-electron chi connectivity index (χ2n) is 4.44. The van der Waals surface area contributed by atoms with E-state index in [-0.39, 0.29) is 12.3 Å². The normalized spacial score (nSPS) is 10.7. The maximum atomic E-state index is 11.2. The van der Waals surface area contributed by atoms with Gasteiger partial charge in [0.1, 0.15) is 5.03 Å². The number of rotatable bonds is 6. The Morgan fingerprint density at radius 3 is 2.59 bits per heavy atom. The van der Waals surface area contributed by atoms with Gasteiger partial charge >= 0.3 is 0 Å². The molecule has 2 rings (SSSR count). The molecule has 116 valence electrons. The third kappa shape index (κ3) is 3.63. The number of aromatic nitrogens is 2. The lowest BCUT2D eigenvalue weighted by Crippen LogP contribution is -2.24. The molecule has 5 nitrogen and oxygen atoms in total. The fourth-order valence-electron chi connectivity index (χ4n) is 1.93.